The normalized spacial score (nSPS) is 16.9. The zero-order valence-corrected chi connectivity index (χ0v) is 14.0. The zero-order valence-electron chi connectivity index (χ0n) is 12.3. The number of carbonyl (C=O) groups is 2. The summed E-state index contributed by atoms with van der Waals surface area (Å²) in [6.07, 6.45) is 4.79. The lowest BCUT2D eigenvalue weighted by molar-refractivity contribution is -0.121. The molecular weight excluding hydrogens is 306 g/mol. The Hall–Kier alpha value is -1.08. The standard InChI is InChI=1S/C14H21N3O2S2/c1-8-11(7-12(15)18)21-14(16-8)20-9(2)13(19)17-10-5-3-4-6-10/h9-10H,3-7H2,1-2H3,(H2,15,18)(H,17,19). The summed E-state index contributed by atoms with van der Waals surface area (Å²) in [7, 11) is 0. The number of thiazole rings is 1. The highest BCUT2D eigenvalue weighted by atomic mass is 32.2. The van der Waals surface area contributed by atoms with Gasteiger partial charge >= 0.3 is 0 Å². The van der Waals surface area contributed by atoms with Crippen LogP contribution in [-0.2, 0) is 16.0 Å². The van der Waals surface area contributed by atoms with Gasteiger partial charge in [-0.3, -0.25) is 9.59 Å². The molecule has 1 saturated carbocycles. The van der Waals surface area contributed by atoms with Gasteiger partial charge in [0.1, 0.15) is 0 Å². The molecule has 2 rings (SSSR count). The average Bonchev–Trinajstić information content (AvgIpc) is 3.00. The van der Waals surface area contributed by atoms with Gasteiger partial charge < -0.3 is 11.1 Å². The van der Waals surface area contributed by atoms with Crippen LogP contribution in [0.15, 0.2) is 4.34 Å². The molecule has 116 valence electrons. The Balaban J connectivity index is 1.90. The third kappa shape index (κ3) is 4.71. The fourth-order valence-electron chi connectivity index (χ4n) is 2.37. The van der Waals surface area contributed by atoms with Gasteiger partial charge in [0.15, 0.2) is 4.34 Å². The number of aryl methyl sites for hydroxylation is 1. The second kappa shape index (κ2) is 7.26. The molecule has 7 heteroatoms. The number of thioether (sulfide) groups is 1. The van der Waals surface area contributed by atoms with Crippen molar-refractivity contribution in [1.29, 1.82) is 0 Å². The minimum atomic E-state index is -0.356. The van der Waals surface area contributed by atoms with Gasteiger partial charge in [-0.1, -0.05) is 24.6 Å². The van der Waals surface area contributed by atoms with Crippen molar-refractivity contribution in [2.24, 2.45) is 5.73 Å². The number of hydrogen-bond acceptors (Lipinski definition) is 5. The minimum Gasteiger partial charge on any atom is -0.369 e. The van der Waals surface area contributed by atoms with Gasteiger partial charge in [0.05, 0.1) is 17.4 Å². The van der Waals surface area contributed by atoms with Crippen LogP contribution in [0, 0.1) is 6.92 Å². The van der Waals surface area contributed by atoms with E-state index in [1.54, 1.807) is 0 Å². The number of nitrogens with two attached hydrogens (primary N) is 1. The van der Waals surface area contributed by atoms with E-state index < -0.39 is 0 Å². The molecule has 1 aromatic rings. The number of rotatable bonds is 6. The Morgan fingerprint density at radius 2 is 2.14 bits per heavy atom. The molecule has 1 fully saturated rings. The van der Waals surface area contributed by atoms with E-state index in [9.17, 15) is 9.59 Å². The molecule has 2 amide bonds. The number of aromatic nitrogens is 1. The molecule has 1 aliphatic rings. The van der Waals surface area contributed by atoms with E-state index in [0.717, 1.165) is 27.8 Å². The SMILES string of the molecule is Cc1nc(SC(C)C(=O)NC2CCCC2)sc1CC(N)=O. The first-order valence-electron chi connectivity index (χ1n) is 7.17. The Morgan fingerprint density at radius 1 is 1.48 bits per heavy atom. The number of carbonyl (C=O) groups excluding carboxylic acids is 2. The smallest absolute Gasteiger partial charge is 0.233 e. The first kappa shape index (κ1) is 16.3. The van der Waals surface area contributed by atoms with Gasteiger partial charge in [-0.15, -0.1) is 11.3 Å². The Kier molecular flexibility index (Phi) is 5.64. The molecule has 0 saturated heterocycles. The molecule has 1 atom stereocenters. The first-order chi connectivity index (χ1) is 9.95. The van der Waals surface area contributed by atoms with Crippen LogP contribution >= 0.6 is 23.1 Å². The van der Waals surface area contributed by atoms with Crippen LogP contribution in [0.1, 0.15) is 43.2 Å². The van der Waals surface area contributed by atoms with Crippen molar-refractivity contribution >= 4 is 34.9 Å². The highest BCUT2D eigenvalue weighted by Gasteiger charge is 2.22. The van der Waals surface area contributed by atoms with Crippen molar-refractivity contribution < 1.29 is 9.59 Å². The highest BCUT2D eigenvalue weighted by Crippen LogP contribution is 2.30. The van der Waals surface area contributed by atoms with Gasteiger partial charge in [0.2, 0.25) is 11.8 Å². The molecule has 0 spiro atoms. The van der Waals surface area contributed by atoms with E-state index in [-0.39, 0.29) is 23.5 Å². The predicted molar refractivity (Wildman–Crippen MR) is 85.5 cm³/mol. The zero-order chi connectivity index (χ0) is 15.4. The van der Waals surface area contributed by atoms with Crippen LogP contribution in [-0.4, -0.2) is 28.1 Å². The number of nitrogens with zero attached hydrogens (tertiary/aromatic N) is 1. The molecule has 1 heterocycles. The molecule has 0 bridgehead atoms. The molecule has 0 aromatic carbocycles. The molecule has 1 aliphatic carbocycles. The molecule has 1 unspecified atom stereocenters. The van der Waals surface area contributed by atoms with Gasteiger partial charge in [-0.25, -0.2) is 4.98 Å². The molecular formula is C14H21N3O2S2. The fraction of sp³-hybridized carbons (Fsp3) is 0.643. The highest BCUT2D eigenvalue weighted by molar-refractivity contribution is 8.02. The largest absolute Gasteiger partial charge is 0.369 e. The van der Waals surface area contributed by atoms with Crippen molar-refractivity contribution in [3.8, 4) is 0 Å². The van der Waals surface area contributed by atoms with Crippen molar-refractivity contribution in [2.75, 3.05) is 0 Å². The summed E-state index contributed by atoms with van der Waals surface area (Å²) in [6.45, 7) is 3.75. The lowest BCUT2D eigenvalue weighted by Gasteiger charge is -2.15. The van der Waals surface area contributed by atoms with Crippen LogP contribution in [0.25, 0.3) is 0 Å². The van der Waals surface area contributed by atoms with E-state index in [1.807, 2.05) is 13.8 Å². The van der Waals surface area contributed by atoms with E-state index in [0.29, 0.717) is 6.04 Å². The summed E-state index contributed by atoms with van der Waals surface area (Å²) < 4.78 is 0.817. The van der Waals surface area contributed by atoms with Crippen molar-refractivity contribution in [3.05, 3.63) is 10.6 Å². The third-order valence-corrected chi connectivity index (χ3v) is 5.91. The Bertz CT molecular complexity index is 524. The van der Waals surface area contributed by atoms with Gasteiger partial charge in [0.25, 0.3) is 0 Å². The molecule has 0 aliphatic heterocycles. The fourth-order valence-corrected chi connectivity index (χ4v) is 4.76. The predicted octanol–water partition coefficient (Wildman–Crippen LogP) is 2.02. The maximum Gasteiger partial charge on any atom is 0.233 e. The summed E-state index contributed by atoms with van der Waals surface area (Å²) in [5.41, 5.74) is 6.04. The molecule has 3 N–H and O–H groups in total. The molecule has 0 radical (unpaired) electrons. The van der Waals surface area contributed by atoms with Crippen LogP contribution in [0.3, 0.4) is 0 Å². The maximum absolute atomic E-state index is 12.1. The summed E-state index contributed by atoms with van der Waals surface area (Å²) >= 11 is 2.89. The number of primary amides is 1. The van der Waals surface area contributed by atoms with Crippen LogP contribution < -0.4 is 11.1 Å². The maximum atomic E-state index is 12.1. The molecule has 21 heavy (non-hydrogen) atoms. The lowest BCUT2D eigenvalue weighted by Crippen LogP contribution is -2.37. The summed E-state index contributed by atoms with van der Waals surface area (Å²) in [5, 5.41) is 2.91. The van der Waals surface area contributed by atoms with Gasteiger partial charge in [-0.05, 0) is 26.7 Å². The summed E-state index contributed by atoms with van der Waals surface area (Å²) in [5.74, 6) is -0.290. The second-order valence-corrected chi connectivity index (χ2v) is 8.05. The van der Waals surface area contributed by atoms with Crippen molar-refractivity contribution in [1.82, 2.24) is 10.3 Å². The van der Waals surface area contributed by atoms with Crippen LogP contribution in [0.4, 0.5) is 0 Å². The van der Waals surface area contributed by atoms with Crippen molar-refractivity contribution in [3.63, 3.8) is 0 Å². The molecule has 5 nitrogen and oxygen atoms in total. The topological polar surface area (TPSA) is 85.1 Å². The van der Waals surface area contributed by atoms with Crippen LogP contribution in [0.5, 0.6) is 0 Å². The van der Waals surface area contributed by atoms with Gasteiger partial charge in [0, 0.05) is 10.9 Å². The number of nitrogens with one attached hydrogen (secondary N) is 1. The quantitative estimate of drug-likeness (QED) is 0.783. The second-order valence-electron chi connectivity index (χ2n) is 5.38. The van der Waals surface area contributed by atoms with Crippen LogP contribution in [0.2, 0.25) is 0 Å². The van der Waals surface area contributed by atoms with E-state index in [4.69, 9.17) is 5.73 Å². The lowest BCUT2D eigenvalue weighted by atomic mass is 10.2. The minimum absolute atomic E-state index is 0.0659. The van der Waals surface area contributed by atoms with Gasteiger partial charge in [-0.2, -0.15) is 0 Å². The van der Waals surface area contributed by atoms with E-state index in [2.05, 4.69) is 10.3 Å². The monoisotopic (exact) mass is 327 g/mol. The molecule has 1 aromatic heterocycles. The Labute approximate surface area is 133 Å². The van der Waals surface area contributed by atoms with E-state index in [1.165, 1.54) is 35.9 Å². The number of hydrogen-bond donors (Lipinski definition) is 2. The summed E-state index contributed by atoms with van der Waals surface area (Å²) in [4.78, 5) is 28.4. The summed E-state index contributed by atoms with van der Waals surface area (Å²) in [6, 6.07) is 0.337. The third-order valence-electron chi connectivity index (χ3n) is 3.56. The average molecular weight is 327 g/mol. The number of amides is 2. The van der Waals surface area contributed by atoms with Crippen molar-refractivity contribution in [2.45, 2.75) is 61.6 Å². The first-order valence-corrected chi connectivity index (χ1v) is 8.87. The Morgan fingerprint density at radius 3 is 2.76 bits per heavy atom. The van der Waals surface area contributed by atoms with E-state index >= 15 is 0 Å².